The highest BCUT2D eigenvalue weighted by molar-refractivity contribution is 6.30. The number of hydrogen-bond donors (Lipinski definition) is 0. The van der Waals surface area contributed by atoms with E-state index in [9.17, 15) is 9.59 Å². The van der Waals surface area contributed by atoms with Gasteiger partial charge in [-0.15, -0.1) is 0 Å². The van der Waals surface area contributed by atoms with E-state index >= 15 is 0 Å². The van der Waals surface area contributed by atoms with Crippen molar-refractivity contribution >= 4 is 23.2 Å². The number of halogens is 1. The highest BCUT2D eigenvalue weighted by Crippen LogP contribution is 2.11. The lowest BCUT2D eigenvalue weighted by Gasteiger charge is -2.21. The Morgan fingerprint density at radius 1 is 1.25 bits per heavy atom. The summed E-state index contributed by atoms with van der Waals surface area (Å²) in [4.78, 5) is 32.8. The first-order chi connectivity index (χ1) is 11.6. The van der Waals surface area contributed by atoms with Crippen LogP contribution < -0.4 is 5.56 Å². The Bertz CT molecular complexity index is 805. The fraction of sp³-hybridized carbons (Fsp3) is 0.471. The summed E-state index contributed by atoms with van der Waals surface area (Å²) in [6.07, 6.45) is 3.07. The molecule has 3 rings (SSSR count). The monoisotopic (exact) mass is 348 g/mol. The second-order valence-electron chi connectivity index (χ2n) is 6.03. The maximum absolute atomic E-state index is 12.2. The van der Waals surface area contributed by atoms with Crippen molar-refractivity contribution < 1.29 is 4.79 Å². The molecule has 1 aliphatic rings. The molecule has 6 nitrogen and oxygen atoms in total. The molecule has 2 aromatic heterocycles. The lowest BCUT2D eigenvalue weighted by Crippen LogP contribution is -2.34. The Morgan fingerprint density at radius 2 is 2.08 bits per heavy atom. The minimum absolute atomic E-state index is 0.130. The van der Waals surface area contributed by atoms with E-state index in [-0.39, 0.29) is 11.5 Å². The smallest absolute Gasteiger partial charge is 0.258 e. The lowest BCUT2D eigenvalue weighted by molar-refractivity contribution is -0.130. The minimum atomic E-state index is -0.130. The fourth-order valence-electron chi connectivity index (χ4n) is 3.04. The molecule has 0 aromatic carbocycles. The summed E-state index contributed by atoms with van der Waals surface area (Å²) in [6.45, 7) is 5.74. The van der Waals surface area contributed by atoms with Gasteiger partial charge in [-0.3, -0.25) is 18.9 Å². The molecule has 0 bridgehead atoms. The third-order valence-corrected chi connectivity index (χ3v) is 4.53. The first-order valence-electron chi connectivity index (χ1n) is 8.25. The number of fused-ring (bicyclic) bond motifs is 1. The van der Waals surface area contributed by atoms with Crippen LogP contribution in [0.2, 0.25) is 5.02 Å². The van der Waals surface area contributed by atoms with Gasteiger partial charge in [0.15, 0.2) is 0 Å². The average Bonchev–Trinajstić information content (AvgIpc) is 2.80. The van der Waals surface area contributed by atoms with Gasteiger partial charge in [0.1, 0.15) is 5.65 Å². The maximum atomic E-state index is 12.2. The van der Waals surface area contributed by atoms with Gasteiger partial charge in [-0.25, -0.2) is 4.98 Å². The van der Waals surface area contributed by atoms with Crippen LogP contribution in [0.15, 0.2) is 29.2 Å². The van der Waals surface area contributed by atoms with Gasteiger partial charge in [-0.2, -0.15) is 0 Å². The molecule has 0 unspecified atom stereocenters. The average molecular weight is 349 g/mol. The van der Waals surface area contributed by atoms with Crippen molar-refractivity contribution in [2.45, 2.75) is 26.3 Å². The summed E-state index contributed by atoms with van der Waals surface area (Å²) in [7, 11) is 0. The number of hydrogen-bond acceptors (Lipinski definition) is 4. The molecule has 24 heavy (non-hydrogen) atoms. The molecule has 1 saturated heterocycles. The van der Waals surface area contributed by atoms with Gasteiger partial charge >= 0.3 is 0 Å². The molecule has 0 N–H and O–H groups in total. The van der Waals surface area contributed by atoms with Gasteiger partial charge in [-0.05, 0) is 18.6 Å². The largest absolute Gasteiger partial charge is 0.341 e. The summed E-state index contributed by atoms with van der Waals surface area (Å²) >= 11 is 5.93. The van der Waals surface area contributed by atoms with Gasteiger partial charge in [-0.1, -0.05) is 18.5 Å². The summed E-state index contributed by atoms with van der Waals surface area (Å²) in [6, 6.07) is 5.04. The molecule has 1 fully saturated rings. The Labute approximate surface area is 145 Å². The summed E-state index contributed by atoms with van der Waals surface area (Å²) in [5.41, 5.74) is 1.22. The first-order valence-corrected chi connectivity index (χ1v) is 8.62. The predicted octanol–water partition coefficient (Wildman–Crippen LogP) is 1.79. The first kappa shape index (κ1) is 16.9. The molecule has 1 aliphatic heterocycles. The summed E-state index contributed by atoms with van der Waals surface area (Å²) in [5.74, 6) is 0.204. The number of nitrogens with zero attached hydrogens (tertiary/aromatic N) is 4. The van der Waals surface area contributed by atoms with Gasteiger partial charge in [0.05, 0.1) is 10.7 Å². The van der Waals surface area contributed by atoms with Crippen molar-refractivity contribution in [2.75, 3.05) is 26.2 Å². The Morgan fingerprint density at radius 3 is 2.88 bits per heavy atom. The van der Waals surface area contributed by atoms with Crippen LogP contribution in [0, 0.1) is 0 Å². The van der Waals surface area contributed by atoms with Gasteiger partial charge in [0.2, 0.25) is 5.91 Å². The van der Waals surface area contributed by atoms with Crippen molar-refractivity contribution in [1.29, 1.82) is 0 Å². The summed E-state index contributed by atoms with van der Waals surface area (Å²) in [5, 5.41) is 0.507. The van der Waals surface area contributed by atoms with Crippen LogP contribution in [0.25, 0.3) is 5.65 Å². The lowest BCUT2D eigenvalue weighted by atomic mass is 10.3. The van der Waals surface area contributed by atoms with Gasteiger partial charge in [0, 0.05) is 51.4 Å². The molecule has 0 spiro atoms. The number of rotatable bonds is 3. The number of amides is 1. The molecule has 2 aromatic rings. The number of aromatic nitrogens is 2. The minimum Gasteiger partial charge on any atom is -0.341 e. The van der Waals surface area contributed by atoms with Crippen LogP contribution in [-0.2, 0) is 11.3 Å². The van der Waals surface area contributed by atoms with E-state index in [2.05, 4.69) is 9.88 Å². The van der Waals surface area contributed by atoms with E-state index in [0.717, 1.165) is 38.3 Å². The quantitative estimate of drug-likeness (QED) is 0.848. The maximum Gasteiger partial charge on any atom is 0.258 e. The Balaban J connectivity index is 1.74. The van der Waals surface area contributed by atoms with E-state index in [0.29, 0.717) is 23.6 Å². The number of pyridine rings is 1. The topological polar surface area (TPSA) is 57.9 Å². The van der Waals surface area contributed by atoms with Gasteiger partial charge < -0.3 is 4.90 Å². The van der Waals surface area contributed by atoms with Gasteiger partial charge in [0.25, 0.3) is 5.56 Å². The number of carbonyl (C=O) groups is 1. The summed E-state index contributed by atoms with van der Waals surface area (Å²) < 4.78 is 1.45. The second kappa shape index (κ2) is 7.32. The zero-order chi connectivity index (χ0) is 17.1. The molecule has 3 heterocycles. The van der Waals surface area contributed by atoms with Crippen LogP contribution in [0.1, 0.15) is 25.5 Å². The van der Waals surface area contributed by atoms with Crippen LogP contribution in [0.4, 0.5) is 0 Å². The number of carbonyl (C=O) groups excluding carboxylic acids is 1. The highest BCUT2D eigenvalue weighted by atomic mass is 35.5. The molecule has 0 saturated carbocycles. The highest BCUT2D eigenvalue weighted by Gasteiger charge is 2.18. The van der Waals surface area contributed by atoms with E-state index in [1.165, 1.54) is 4.40 Å². The molecule has 128 valence electrons. The van der Waals surface area contributed by atoms with E-state index < -0.39 is 0 Å². The van der Waals surface area contributed by atoms with Crippen LogP contribution in [0.5, 0.6) is 0 Å². The van der Waals surface area contributed by atoms with E-state index in [1.807, 2.05) is 11.8 Å². The Kier molecular flexibility index (Phi) is 5.16. The molecule has 0 radical (unpaired) electrons. The van der Waals surface area contributed by atoms with Crippen LogP contribution in [0.3, 0.4) is 0 Å². The predicted molar refractivity (Wildman–Crippen MR) is 93.2 cm³/mol. The molecule has 0 atom stereocenters. The molecular formula is C17H21ClN4O2. The molecule has 1 amide bonds. The Hall–Kier alpha value is -1.92. The van der Waals surface area contributed by atoms with Crippen molar-refractivity contribution in [3.8, 4) is 0 Å². The zero-order valence-electron chi connectivity index (χ0n) is 13.7. The third kappa shape index (κ3) is 3.76. The van der Waals surface area contributed by atoms with Crippen molar-refractivity contribution in [3.63, 3.8) is 0 Å². The SMILES string of the molecule is CCC(=O)N1CCCN(Cc2cc(=O)n3cc(Cl)ccc3n2)CC1. The standard InChI is InChI=1S/C17H21ClN4O2/c1-2-16(23)21-7-3-6-20(8-9-21)12-14-10-17(24)22-11-13(18)4-5-15(22)19-14/h4-5,10-11H,2-3,6-9,12H2,1H3. The van der Waals surface area contributed by atoms with Crippen LogP contribution in [-0.4, -0.2) is 51.3 Å². The second-order valence-corrected chi connectivity index (χ2v) is 6.46. The normalized spacial score (nSPS) is 16.3. The molecular weight excluding hydrogens is 328 g/mol. The molecule has 7 heteroatoms. The van der Waals surface area contributed by atoms with Crippen molar-refractivity contribution in [1.82, 2.24) is 19.2 Å². The van der Waals surface area contributed by atoms with Crippen LogP contribution >= 0.6 is 11.6 Å². The van der Waals surface area contributed by atoms with Crippen molar-refractivity contribution in [2.24, 2.45) is 0 Å². The fourth-order valence-corrected chi connectivity index (χ4v) is 3.20. The van der Waals surface area contributed by atoms with E-state index in [4.69, 9.17) is 11.6 Å². The van der Waals surface area contributed by atoms with Crippen molar-refractivity contribution in [3.05, 3.63) is 45.5 Å². The van der Waals surface area contributed by atoms with E-state index in [1.54, 1.807) is 24.4 Å². The molecule has 0 aliphatic carbocycles. The third-order valence-electron chi connectivity index (χ3n) is 4.31. The zero-order valence-corrected chi connectivity index (χ0v) is 14.5.